The van der Waals surface area contributed by atoms with E-state index in [1.165, 1.54) is 0 Å². The number of imidazole rings is 1. The summed E-state index contributed by atoms with van der Waals surface area (Å²) >= 11 is 0. The summed E-state index contributed by atoms with van der Waals surface area (Å²) in [7, 11) is 1.98. The SMILES string of the molecule is CCCNC(Cc1nccn1C)C1CCC(F)(F)CC1. The molecule has 1 atom stereocenters. The summed E-state index contributed by atoms with van der Waals surface area (Å²) in [4.78, 5) is 4.36. The molecule has 1 saturated carbocycles. The molecule has 1 unspecified atom stereocenters. The molecule has 1 aliphatic carbocycles. The van der Waals surface area contributed by atoms with Crippen molar-refractivity contribution in [3.8, 4) is 0 Å². The van der Waals surface area contributed by atoms with Crippen LogP contribution in [0.4, 0.5) is 8.78 Å². The third-order valence-corrected chi connectivity index (χ3v) is 4.31. The van der Waals surface area contributed by atoms with Gasteiger partial charge in [0.05, 0.1) is 0 Å². The van der Waals surface area contributed by atoms with Crippen LogP contribution in [0.2, 0.25) is 0 Å². The van der Waals surface area contributed by atoms with Crippen LogP contribution in [0.1, 0.15) is 44.9 Å². The molecular weight excluding hydrogens is 260 g/mol. The zero-order valence-corrected chi connectivity index (χ0v) is 12.4. The van der Waals surface area contributed by atoms with E-state index in [1.54, 1.807) is 6.20 Å². The van der Waals surface area contributed by atoms with Crippen molar-refractivity contribution in [1.82, 2.24) is 14.9 Å². The van der Waals surface area contributed by atoms with E-state index in [4.69, 9.17) is 0 Å². The van der Waals surface area contributed by atoms with Crippen molar-refractivity contribution in [3.05, 3.63) is 18.2 Å². The maximum absolute atomic E-state index is 13.3. The van der Waals surface area contributed by atoms with Crippen molar-refractivity contribution in [2.45, 2.75) is 57.4 Å². The molecular formula is C15H25F2N3. The van der Waals surface area contributed by atoms with E-state index in [2.05, 4.69) is 17.2 Å². The largest absolute Gasteiger partial charge is 0.338 e. The van der Waals surface area contributed by atoms with Gasteiger partial charge >= 0.3 is 0 Å². The summed E-state index contributed by atoms with van der Waals surface area (Å²) in [5.74, 6) is -1.09. The van der Waals surface area contributed by atoms with Gasteiger partial charge in [0.25, 0.3) is 0 Å². The lowest BCUT2D eigenvalue weighted by atomic mass is 9.81. The number of hydrogen-bond donors (Lipinski definition) is 1. The Morgan fingerprint density at radius 1 is 1.45 bits per heavy atom. The van der Waals surface area contributed by atoms with Gasteiger partial charge < -0.3 is 9.88 Å². The topological polar surface area (TPSA) is 29.9 Å². The van der Waals surface area contributed by atoms with Crippen molar-refractivity contribution in [2.75, 3.05) is 6.54 Å². The number of nitrogens with one attached hydrogen (secondary N) is 1. The fourth-order valence-electron chi connectivity index (χ4n) is 2.99. The number of rotatable bonds is 6. The predicted octanol–water partition coefficient (Wildman–Crippen LogP) is 3.16. The fourth-order valence-corrected chi connectivity index (χ4v) is 2.99. The second-order valence-electron chi connectivity index (χ2n) is 5.91. The van der Waals surface area contributed by atoms with Gasteiger partial charge in [-0.05, 0) is 31.7 Å². The summed E-state index contributed by atoms with van der Waals surface area (Å²) in [6, 6.07) is 0.257. The van der Waals surface area contributed by atoms with Gasteiger partial charge in [-0.25, -0.2) is 13.8 Å². The lowest BCUT2D eigenvalue weighted by Gasteiger charge is -2.34. The highest BCUT2D eigenvalue weighted by molar-refractivity contribution is 4.97. The van der Waals surface area contributed by atoms with Crippen molar-refractivity contribution < 1.29 is 8.78 Å². The standard InChI is InChI=1S/C15H25F2N3/c1-3-8-18-13(11-14-19-9-10-20(14)2)12-4-6-15(16,17)7-5-12/h9-10,12-13,18H,3-8,11H2,1-2H3. The van der Waals surface area contributed by atoms with Gasteiger partial charge in [0, 0.05) is 44.7 Å². The molecule has 1 N–H and O–H groups in total. The summed E-state index contributed by atoms with van der Waals surface area (Å²) < 4.78 is 28.6. The predicted molar refractivity (Wildman–Crippen MR) is 75.9 cm³/mol. The van der Waals surface area contributed by atoms with Crippen molar-refractivity contribution in [1.29, 1.82) is 0 Å². The van der Waals surface area contributed by atoms with Crippen LogP contribution in [0.3, 0.4) is 0 Å². The van der Waals surface area contributed by atoms with Gasteiger partial charge in [-0.2, -0.15) is 0 Å². The van der Waals surface area contributed by atoms with Crippen LogP contribution < -0.4 is 5.32 Å². The van der Waals surface area contributed by atoms with Crippen molar-refractivity contribution in [2.24, 2.45) is 13.0 Å². The molecule has 1 heterocycles. The minimum atomic E-state index is -2.45. The smallest absolute Gasteiger partial charge is 0.248 e. The number of nitrogens with zero attached hydrogens (tertiary/aromatic N) is 2. The van der Waals surface area contributed by atoms with E-state index in [-0.39, 0.29) is 18.9 Å². The first-order chi connectivity index (χ1) is 9.52. The van der Waals surface area contributed by atoms with Crippen LogP contribution in [0, 0.1) is 5.92 Å². The molecule has 0 bridgehead atoms. The molecule has 1 aromatic heterocycles. The molecule has 1 aromatic rings. The van der Waals surface area contributed by atoms with Gasteiger partial charge in [-0.15, -0.1) is 0 Å². The molecule has 114 valence electrons. The Kier molecular flexibility index (Phi) is 5.13. The summed E-state index contributed by atoms with van der Waals surface area (Å²) in [5.41, 5.74) is 0. The molecule has 2 rings (SSSR count). The lowest BCUT2D eigenvalue weighted by Crippen LogP contribution is -2.42. The molecule has 0 amide bonds. The average Bonchev–Trinajstić information content (AvgIpc) is 2.80. The fraction of sp³-hybridized carbons (Fsp3) is 0.800. The zero-order valence-electron chi connectivity index (χ0n) is 12.4. The van der Waals surface area contributed by atoms with Gasteiger partial charge in [-0.3, -0.25) is 0 Å². The Morgan fingerprint density at radius 3 is 2.70 bits per heavy atom. The molecule has 3 nitrogen and oxygen atoms in total. The maximum Gasteiger partial charge on any atom is 0.248 e. The molecule has 0 saturated heterocycles. The van der Waals surface area contributed by atoms with E-state index in [1.807, 2.05) is 17.8 Å². The van der Waals surface area contributed by atoms with E-state index >= 15 is 0 Å². The van der Waals surface area contributed by atoms with Crippen LogP contribution in [-0.2, 0) is 13.5 Å². The van der Waals surface area contributed by atoms with Crippen molar-refractivity contribution >= 4 is 0 Å². The third kappa shape index (κ3) is 4.01. The van der Waals surface area contributed by atoms with Crippen LogP contribution in [-0.4, -0.2) is 28.1 Å². The van der Waals surface area contributed by atoms with E-state index in [0.717, 1.165) is 25.2 Å². The average molecular weight is 285 g/mol. The highest BCUT2D eigenvalue weighted by Gasteiger charge is 2.37. The molecule has 1 aliphatic rings. The Bertz CT molecular complexity index is 407. The zero-order chi connectivity index (χ0) is 14.6. The number of alkyl halides is 2. The quantitative estimate of drug-likeness (QED) is 0.870. The van der Waals surface area contributed by atoms with Gasteiger partial charge in [0.2, 0.25) is 5.92 Å². The molecule has 5 heteroatoms. The molecule has 0 aromatic carbocycles. The van der Waals surface area contributed by atoms with Crippen LogP contribution in [0.5, 0.6) is 0 Å². The Balaban J connectivity index is 1.98. The highest BCUT2D eigenvalue weighted by atomic mass is 19.3. The van der Waals surface area contributed by atoms with Crippen LogP contribution in [0.15, 0.2) is 12.4 Å². The number of aryl methyl sites for hydroxylation is 1. The van der Waals surface area contributed by atoms with Gasteiger partial charge in [-0.1, -0.05) is 6.92 Å². The normalized spacial score (nSPS) is 21.0. The van der Waals surface area contributed by atoms with E-state index in [9.17, 15) is 8.78 Å². The first-order valence-electron chi connectivity index (χ1n) is 7.59. The molecule has 1 fully saturated rings. The Labute approximate surface area is 119 Å². The summed E-state index contributed by atoms with van der Waals surface area (Å²) in [5, 5.41) is 3.53. The minimum Gasteiger partial charge on any atom is -0.338 e. The summed E-state index contributed by atoms with van der Waals surface area (Å²) in [6.45, 7) is 3.06. The van der Waals surface area contributed by atoms with Gasteiger partial charge in [0.1, 0.15) is 5.82 Å². The van der Waals surface area contributed by atoms with E-state index in [0.29, 0.717) is 18.8 Å². The number of halogens is 2. The first-order valence-corrected chi connectivity index (χ1v) is 7.59. The Morgan fingerprint density at radius 2 is 2.15 bits per heavy atom. The Hall–Kier alpha value is -0.970. The number of hydrogen-bond acceptors (Lipinski definition) is 2. The lowest BCUT2D eigenvalue weighted by molar-refractivity contribution is -0.0496. The monoisotopic (exact) mass is 285 g/mol. The molecule has 0 aliphatic heterocycles. The second-order valence-corrected chi connectivity index (χ2v) is 5.91. The molecule has 0 radical (unpaired) electrons. The highest BCUT2D eigenvalue weighted by Crippen LogP contribution is 2.37. The maximum atomic E-state index is 13.3. The van der Waals surface area contributed by atoms with Gasteiger partial charge in [0.15, 0.2) is 0 Å². The molecule has 0 spiro atoms. The number of aromatic nitrogens is 2. The van der Waals surface area contributed by atoms with Crippen LogP contribution >= 0.6 is 0 Å². The van der Waals surface area contributed by atoms with E-state index < -0.39 is 5.92 Å². The van der Waals surface area contributed by atoms with Crippen molar-refractivity contribution in [3.63, 3.8) is 0 Å². The third-order valence-electron chi connectivity index (χ3n) is 4.31. The second kappa shape index (κ2) is 6.66. The minimum absolute atomic E-state index is 0.0303. The van der Waals surface area contributed by atoms with Crippen LogP contribution in [0.25, 0.3) is 0 Å². The summed E-state index contributed by atoms with van der Waals surface area (Å²) in [6.07, 6.45) is 6.88. The molecule has 20 heavy (non-hydrogen) atoms. The first kappa shape index (κ1) is 15.4.